The van der Waals surface area contributed by atoms with Gasteiger partial charge in [0, 0.05) is 30.0 Å². The Labute approximate surface area is 191 Å². The highest BCUT2D eigenvalue weighted by atomic mass is 32.2. The Morgan fingerprint density at radius 2 is 1.68 bits per heavy atom. The molecular formula is C26H36N2O2S. The molecule has 2 rings (SSSR count). The van der Waals surface area contributed by atoms with Gasteiger partial charge in [0.05, 0.1) is 0 Å². The van der Waals surface area contributed by atoms with Crippen molar-refractivity contribution in [3.8, 4) is 0 Å². The molecule has 0 spiro atoms. The van der Waals surface area contributed by atoms with Crippen molar-refractivity contribution in [3.63, 3.8) is 0 Å². The summed E-state index contributed by atoms with van der Waals surface area (Å²) >= 11 is 1.75. The molecule has 1 atom stereocenters. The molecule has 0 aliphatic heterocycles. The van der Waals surface area contributed by atoms with E-state index in [1.165, 1.54) is 5.56 Å². The van der Waals surface area contributed by atoms with Gasteiger partial charge in [-0.25, -0.2) is 0 Å². The van der Waals surface area contributed by atoms with Gasteiger partial charge in [0.2, 0.25) is 11.8 Å². The van der Waals surface area contributed by atoms with Crippen LogP contribution in [0, 0.1) is 6.92 Å². The van der Waals surface area contributed by atoms with Gasteiger partial charge in [-0.05, 0) is 50.8 Å². The number of carbonyl (C=O) groups excluding carboxylic acids is 2. The predicted molar refractivity (Wildman–Crippen MR) is 131 cm³/mol. The van der Waals surface area contributed by atoms with Gasteiger partial charge in [-0.3, -0.25) is 9.59 Å². The number of hydrogen-bond acceptors (Lipinski definition) is 3. The Kier molecular flexibility index (Phi) is 9.63. The van der Waals surface area contributed by atoms with Gasteiger partial charge in [-0.2, -0.15) is 11.8 Å². The molecule has 5 heteroatoms. The summed E-state index contributed by atoms with van der Waals surface area (Å²) in [5, 5.41) is 3.06. The highest BCUT2D eigenvalue weighted by Gasteiger charge is 2.30. The van der Waals surface area contributed by atoms with Gasteiger partial charge in [-0.1, -0.05) is 61.5 Å². The van der Waals surface area contributed by atoms with Crippen molar-refractivity contribution in [1.29, 1.82) is 0 Å². The predicted octanol–water partition coefficient (Wildman–Crippen LogP) is 5.34. The maximum atomic E-state index is 13.3. The molecule has 0 saturated carbocycles. The fourth-order valence-corrected chi connectivity index (χ4v) is 4.30. The van der Waals surface area contributed by atoms with E-state index in [4.69, 9.17) is 0 Å². The van der Waals surface area contributed by atoms with E-state index in [0.717, 1.165) is 22.6 Å². The summed E-state index contributed by atoms with van der Waals surface area (Å²) in [6.07, 6.45) is 0.999. The van der Waals surface area contributed by atoms with E-state index in [1.807, 2.05) is 77.1 Å². The Balaban J connectivity index is 2.10. The second-order valence-corrected chi connectivity index (χ2v) is 10.0. The minimum Gasteiger partial charge on any atom is -0.350 e. The lowest BCUT2D eigenvalue weighted by Crippen LogP contribution is -2.53. The van der Waals surface area contributed by atoms with Crippen molar-refractivity contribution in [3.05, 3.63) is 71.3 Å². The van der Waals surface area contributed by atoms with Gasteiger partial charge in [-0.15, -0.1) is 0 Å². The van der Waals surface area contributed by atoms with E-state index in [1.54, 1.807) is 16.7 Å². The van der Waals surface area contributed by atoms with Crippen LogP contribution in [0.4, 0.5) is 0 Å². The zero-order valence-corrected chi connectivity index (χ0v) is 20.3. The lowest BCUT2D eigenvalue weighted by Gasteiger charge is -2.33. The number of carbonyl (C=O) groups is 2. The summed E-state index contributed by atoms with van der Waals surface area (Å²) in [6.45, 7) is 10.4. The second kappa shape index (κ2) is 11.9. The molecule has 0 fully saturated rings. The van der Waals surface area contributed by atoms with Crippen LogP contribution in [0.1, 0.15) is 57.2 Å². The van der Waals surface area contributed by atoms with Gasteiger partial charge in [0.25, 0.3) is 0 Å². The number of aryl methyl sites for hydroxylation is 1. The Hall–Kier alpha value is -2.27. The summed E-state index contributed by atoms with van der Waals surface area (Å²) < 4.78 is 0. The number of thioether (sulfide) groups is 1. The molecule has 0 bridgehead atoms. The van der Waals surface area contributed by atoms with Crippen LogP contribution < -0.4 is 5.32 Å². The van der Waals surface area contributed by atoms with Crippen LogP contribution in [-0.4, -0.2) is 34.0 Å². The number of hydrogen-bond donors (Lipinski definition) is 1. The van der Waals surface area contributed by atoms with E-state index in [9.17, 15) is 9.59 Å². The molecule has 31 heavy (non-hydrogen) atoms. The van der Waals surface area contributed by atoms with Crippen LogP contribution in [-0.2, 0) is 21.9 Å². The van der Waals surface area contributed by atoms with Gasteiger partial charge in [0.1, 0.15) is 6.04 Å². The van der Waals surface area contributed by atoms with Crippen LogP contribution in [0.15, 0.2) is 54.6 Å². The number of nitrogens with one attached hydrogen (secondary N) is 1. The van der Waals surface area contributed by atoms with E-state index in [-0.39, 0.29) is 17.4 Å². The van der Waals surface area contributed by atoms with Crippen molar-refractivity contribution in [2.45, 2.75) is 71.3 Å². The van der Waals surface area contributed by atoms with Crippen LogP contribution in [0.2, 0.25) is 0 Å². The molecule has 0 saturated heterocycles. The normalized spacial score (nSPS) is 12.3. The molecular weight excluding hydrogens is 404 g/mol. The quantitative estimate of drug-likeness (QED) is 0.507. The van der Waals surface area contributed by atoms with Gasteiger partial charge in [0.15, 0.2) is 0 Å². The SMILES string of the molecule is CCC(C(=O)NC(C)(C)C)N(Cc1ccccc1C)C(=O)CCSCc1ccccc1. The van der Waals surface area contributed by atoms with E-state index >= 15 is 0 Å². The monoisotopic (exact) mass is 440 g/mol. The van der Waals surface area contributed by atoms with Gasteiger partial charge >= 0.3 is 0 Å². The largest absolute Gasteiger partial charge is 0.350 e. The fourth-order valence-electron chi connectivity index (χ4n) is 3.41. The second-order valence-electron chi connectivity index (χ2n) is 8.90. The van der Waals surface area contributed by atoms with Crippen molar-refractivity contribution >= 4 is 23.6 Å². The first kappa shape index (κ1) is 25.0. The van der Waals surface area contributed by atoms with Gasteiger partial charge < -0.3 is 10.2 Å². The van der Waals surface area contributed by atoms with Crippen LogP contribution in [0.25, 0.3) is 0 Å². The minimum atomic E-state index is -0.481. The lowest BCUT2D eigenvalue weighted by atomic mass is 10.0. The molecule has 0 aliphatic carbocycles. The third-order valence-electron chi connectivity index (χ3n) is 5.06. The zero-order chi connectivity index (χ0) is 22.9. The number of benzene rings is 2. The van der Waals surface area contributed by atoms with Crippen molar-refractivity contribution < 1.29 is 9.59 Å². The topological polar surface area (TPSA) is 49.4 Å². The van der Waals surface area contributed by atoms with Crippen LogP contribution in [0.5, 0.6) is 0 Å². The number of amides is 2. The fraction of sp³-hybridized carbons (Fsp3) is 0.462. The standard InChI is InChI=1S/C26H36N2O2S/c1-6-23(25(30)27-26(3,4)5)28(18-22-15-11-10-12-20(22)2)24(29)16-17-31-19-21-13-8-7-9-14-21/h7-15,23H,6,16-19H2,1-5H3,(H,27,30). The summed E-state index contributed by atoms with van der Waals surface area (Å²) in [4.78, 5) is 28.1. The molecule has 1 N–H and O–H groups in total. The first-order valence-corrected chi connectivity index (χ1v) is 12.1. The summed E-state index contributed by atoms with van der Waals surface area (Å²) in [5.74, 6) is 1.55. The zero-order valence-electron chi connectivity index (χ0n) is 19.5. The number of nitrogens with zero attached hydrogens (tertiary/aromatic N) is 1. The molecule has 0 aromatic heterocycles. The average molecular weight is 441 g/mol. The van der Waals surface area contributed by atoms with E-state index in [2.05, 4.69) is 17.4 Å². The maximum Gasteiger partial charge on any atom is 0.243 e. The number of rotatable bonds is 10. The Morgan fingerprint density at radius 1 is 1.03 bits per heavy atom. The highest BCUT2D eigenvalue weighted by Crippen LogP contribution is 2.19. The molecule has 2 aromatic rings. The average Bonchev–Trinajstić information content (AvgIpc) is 2.71. The first-order valence-electron chi connectivity index (χ1n) is 11.0. The molecule has 168 valence electrons. The molecule has 1 unspecified atom stereocenters. The highest BCUT2D eigenvalue weighted by molar-refractivity contribution is 7.98. The molecule has 4 nitrogen and oxygen atoms in total. The molecule has 0 radical (unpaired) electrons. The third kappa shape index (κ3) is 8.41. The van der Waals surface area contributed by atoms with Crippen LogP contribution >= 0.6 is 11.8 Å². The minimum absolute atomic E-state index is 0.0275. The first-order chi connectivity index (χ1) is 14.7. The lowest BCUT2D eigenvalue weighted by molar-refractivity contribution is -0.141. The maximum absolute atomic E-state index is 13.3. The summed E-state index contributed by atoms with van der Waals surface area (Å²) in [6, 6.07) is 17.9. The Bertz CT molecular complexity index is 846. The van der Waals surface area contributed by atoms with Crippen molar-refractivity contribution in [2.24, 2.45) is 0 Å². The molecule has 2 aromatic carbocycles. The third-order valence-corrected chi connectivity index (χ3v) is 6.09. The smallest absolute Gasteiger partial charge is 0.243 e. The molecule has 0 aliphatic rings. The summed E-state index contributed by atoms with van der Waals surface area (Å²) in [5.41, 5.74) is 3.13. The molecule has 2 amide bonds. The van der Waals surface area contributed by atoms with Crippen LogP contribution in [0.3, 0.4) is 0 Å². The van der Waals surface area contributed by atoms with Crippen molar-refractivity contribution in [1.82, 2.24) is 10.2 Å². The van der Waals surface area contributed by atoms with Crippen molar-refractivity contribution in [2.75, 3.05) is 5.75 Å². The molecule has 0 heterocycles. The summed E-state index contributed by atoms with van der Waals surface area (Å²) in [7, 11) is 0. The van der Waals surface area contributed by atoms with E-state index < -0.39 is 6.04 Å². The Morgan fingerprint density at radius 3 is 2.29 bits per heavy atom. The van der Waals surface area contributed by atoms with E-state index in [0.29, 0.717) is 19.4 Å².